The first kappa shape index (κ1) is 14.4. The summed E-state index contributed by atoms with van der Waals surface area (Å²) in [5, 5.41) is 0. The summed E-state index contributed by atoms with van der Waals surface area (Å²) >= 11 is 0. The maximum Gasteiger partial charge on any atom is 0.119 e. The Bertz CT molecular complexity index is 411. The lowest BCUT2D eigenvalue weighted by Gasteiger charge is -2.47. The lowest BCUT2D eigenvalue weighted by Crippen LogP contribution is -2.53. The van der Waals surface area contributed by atoms with Gasteiger partial charge in [0, 0.05) is 11.6 Å². The predicted octanol–water partition coefficient (Wildman–Crippen LogP) is 2.96. The highest BCUT2D eigenvalue weighted by atomic mass is 16.5. The normalized spacial score (nSPS) is 20.3. The van der Waals surface area contributed by atoms with E-state index in [0.29, 0.717) is 0 Å². The molecule has 1 aliphatic carbocycles. The topological polar surface area (TPSA) is 38.5 Å². The van der Waals surface area contributed by atoms with Gasteiger partial charge < -0.3 is 15.4 Å². The van der Waals surface area contributed by atoms with Gasteiger partial charge in [-0.1, -0.05) is 31.4 Å². The van der Waals surface area contributed by atoms with Crippen molar-refractivity contribution in [2.24, 2.45) is 5.73 Å². The Morgan fingerprint density at radius 1 is 1.21 bits per heavy atom. The molecule has 3 heteroatoms. The van der Waals surface area contributed by atoms with Crippen molar-refractivity contribution in [1.29, 1.82) is 0 Å². The molecule has 1 atom stereocenters. The quantitative estimate of drug-likeness (QED) is 0.906. The van der Waals surface area contributed by atoms with Crippen molar-refractivity contribution in [3.8, 4) is 5.75 Å². The first-order valence-electron chi connectivity index (χ1n) is 7.17. The zero-order chi connectivity index (χ0) is 13.9. The van der Waals surface area contributed by atoms with E-state index in [1.54, 1.807) is 7.11 Å². The molecular formula is C16H26N2O. The summed E-state index contributed by atoms with van der Waals surface area (Å²) in [5.74, 6) is 0.887. The Labute approximate surface area is 116 Å². The van der Waals surface area contributed by atoms with Crippen molar-refractivity contribution in [3.05, 3.63) is 29.8 Å². The van der Waals surface area contributed by atoms with E-state index < -0.39 is 0 Å². The van der Waals surface area contributed by atoms with Gasteiger partial charge in [0.1, 0.15) is 5.75 Å². The second kappa shape index (κ2) is 5.93. The van der Waals surface area contributed by atoms with Crippen molar-refractivity contribution in [1.82, 2.24) is 4.90 Å². The zero-order valence-electron chi connectivity index (χ0n) is 12.4. The predicted molar refractivity (Wildman–Crippen MR) is 79.4 cm³/mol. The first-order chi connectivity index (χ1) is 9.10. The summed E-state index contributed by atoms with van der Waals surface area (Å²) in [6.45, 7) is 0. The van der Waals surface area contributed by atoms with Crippen LogP contribution in [0.2, 0.25) is 0 Å². The maximum absolute atomic E-state index is 6.63. The number of likely N-dealkylation sites (N-methyl/N-ethyl adjacent to an activating group) is 1. The van der Waals surface area contributed by atoms with Crippen LogP contribution in [0.5, 0.6) is 5.75 Å². The van der Waals surface area contributed by atoms with E-state index in [1.165, 1.54) is 37.7 Å². The minimum Gasteiger partial charge on any atom is -0.497 e. The van der Waals surface area contributed by atoms with E-state index in [0.717, 1.165) is 5.75 Å². The van der Waals surface area contributed by atoms with Gasteiger partial charge in [0.2, 0.25) is 0 Å². The third kappa shape index (κ3) is 2.77. The molecule has 2 N–H and O–H groups in total. The highest BCUT2D eigenvalue weighted by molar-refractivity contribution is 5.32. The largest absolute Gasteiger partial charge is 0.497 e. The summed E-state index contributed by atoms with van der Waals surface area (Å²) in [5.41, 5.74) is 7.90. The van der Waals surface area contributed by atoms with Gasteiger partial charge in [0.25, 0.3) is 0 Å². The van der Waals surface area contributed by atoms with E-state index in [4.69, 9.17) is 10.5 Å². The third-order valence-electron chi connectivity index (χ3n) is 4.64. The molecule has 2 rings (SSSR count). The van der Waals surface area contributed by atoms with Gasteiger partial charge in [-0.2, -0.15) is 0 Å². The van der Waals surface area contributed by atoms with Crippen molar-refractivity contribution in [2.45, 2.75) is 43.7 Å². The van der Waals surface area contributed by atoms with Crippen LogP contribution in [0, 0.1) is 0 Å². The van der Waals surface area contributed by atoms with Crippen molar-refractivity contribution >= 4 is 0 Å². The summed E-state index contributed by atoms with van der Waals surface area (Å²) in [4.78, 5) is 2.33. The minimum atomic E-state index is 0.0397. The molecule has 0 aromatic heterocycles. The van der Waals surface area contributed by atoms with Gasteiger partial charge in [-0.05, 0) is 44.6 Å². The molecule has 0 radical (unpaired) electrons. The molecule has 0 bridgehead atoms. The number of nitrogens with zero attached hydrogens (tertiary/aromatic N) is 1. The van der Waals surface area contributed by atoms with Crippen LogP contribution in [-0.4, -0.2) is 31.6 Å². The molecule has 3 nitrogen and oxygen atoms in total. The van der Waals surface area contributed by atoms with Crippen LogP contribution >= 0.6 is 0 Å². The lowest BCUT2D eigenvalue weighted by atomic mass is 9.73. The van der Waals surface area contributed by atoms with Crippen molar-refractivity contribution < 1.29 is 4.74 Å². The molecule has 0 aliphatic heterocycles. The number of methoxy groups -OCH3 is 1. The van der Waals surface area contributed by atoms with Crippen LogP contribution in [0.3, 0.4) is 0 Å². The average Bonchev–Trinajstić information content (AvgIpc) is 2.47. The van der Waals surface area contributed by atoms with Gasteiger partial charge in [-0.25, -0.2) is 0 Å². The van der Waals surface area contributed by atoms with Crippen LogP contribution in [0.1, 0.15) is 43.7 Å². The minimum absolute atomic E-state index is 0.0397. The SMILES string of the molecule is COc1cccc(C(N)C2(N(C)C)CCCCC2)c1. The van der Waals surface area contributed by atoms with Crippen LogP contribution in [-0.2, 0) is 0 Å². The second-order valence-corrected chi connectivity index (χ2v) is 5.81. The molecule has 1 aliphatic rings. The van der Waals surface area contributed by atoms with E-state index in [-0.39, 0.29) is 11.6 Å². The highest BCUT2D eigenvalue weighted by Gasteiger charge is 2.40. The fraction of sp³-hybridized carbons (Fsp3) is 0.625. The number of rotatable bonds is 4. The molecule has 0 spiro atoms. The summed E-state index contributed by atoms with van der Waals surface area (Å²) in [6.07, 6.45) is 6.24. The van der Waals surface area contributed by atoms with Gasteiger partial charge >= 0.3 is 0 Å². The van der Waals surface area contributed by atoms with Gasteiger partial charge in [-0.3, -0.25) is 0 Å². The number of ether oxygens (including phenoxy) is 1. The smallest absolute Gasteiger partial charge is 0.119 e. The molecule has 1 aromatic carbocycles. The van der Waals surface area contributed by atoms with E-state index in [9.17, 15) is 0 Å². The van der Waals surface area contributed by atoms with Crippen LogP contribution in [0.15, 0.2) is 24.3 Å². The van der Waals surface area contributed by atoms with Gasteiger partial charge in [-0.15, -0.1) is 0 Å². The summed E-state index contributed by atoms with van der Waals surface area (Å²) in [7, 11) is 6.02. The third-order valence-corrected chi connectivity index (χ3v) is 4.64. The number of nitrogens with two attached hydrogens (primary N) is 1. The van der Waals surface area contributed by atoms with E-state index in [2.05, 4.69) is 31.1 Å². The fourth-order valence-electron chi connectivity index (χ4n) is 3.35. The summed E-state index contributed by atoms with van der Waals surface area (Å²) < 4.78 is 5.32. The van der Waals surface area contributed by atoms with Crippen LogP contribution < -0.4 is 10.5 Å². The number of benzene rings is 1. The Morgan fingerprint density at radius 2 is 1.89 bits per heavy atom. The Kier molecular flexibility index (Phi) is 4.48. The Balaban J connectivity index is 2.30. The average molecular weight is 262 g/mol. The Hall–Kier alpha value is -1.06. The lowest BCUT2D eigenvalue weighted by molar-refractivity contribution is 0.0713. The molecule has 1 aromatic rings. The van der Waals surface area contributed by atoms with Crippen LogP contribution in [0.25, 0.3) is 0 Å². The number of hydrogen-bond donors (Lipinski definition) is 1. The highest BCUT2D eigenvalue weighted by Crippen LogP contribution is 2.41. The molecular weight excluding hydrogens is 236 g/mol. The monoisotopic (exact) mass is 262 g/mol. The van der Waals surface area contributed by atoms with Gasteiger partial charge in [0.05, 0.1) is 7.11 Å². The van der Waals surface area contributed by atoms with Crippen molar-refractivity contribution in [3.63, 3.8) is 0 Å². The molecule has 19 heavy (non-hydrogen) atoms. The number of hydrogen-bond acceptors (Lipinski definition) is 3. The second-order valence-electron chi connectivity index (χ2n) is 5.81. The van der Waals surface area contributed by atoms with Crippen LogP contribution in [0.4, 0.5) is 0 Å². The molecule has 0 heterocycles. The van der Waals surface area contributed by atoms with Crippen molar-refractivity contribution in [2.75, 3.05) is 21.2 Å². The first-order valence-corrected chi connectivity index (χ1v) is 7.17. The maximum atomic E-state index is 6.63. The summed E-state index contributed by atoms with van der Waals surface area (Å²) in [6, 6.07) is 8.23. The van der Waals surface area contributed by atoms with E-state index in [1.807, 2.05) is 12.1 Å². The molecule has 1 saturated carbocycles. The molecule has 1 fully saturated rings. The van der Waals surface area contributed by atoms with E-state index >= 15 is 0 Å². The zero-order valence-corrected chi connectivity index (χ0v) is 12.4. The molecule has 106 valence electrons. The standard InChI is InChI=1S/C16H26N2O/c1-18(2)16(10-5-4-6-11-16)15(17)13-8-7-9-14(12-13)19-3/h7-9,12,15H,4-6,10-11,17H2,1-3H3. The van der Waals surface area contributed by atoms with Gasteiger partial charge in [0.15, 0.2) is 0 Å². The molecule has 0 amide bonds. The molecule has 0 saturated heterocycles. The Morgan fingerprint density at radius 3 is 2.47 bits per heavy atom. The molecule has 1 unspecified atom stereocenters. The fourth-order valence-corrected chi connectivity index (χ4v) is 3.35.